The Balaban J connectivity index is 1.16. The average Bonchev–Trinajstić information content (AvgIpc) is 3.41. The van der Waals surface area contributed by atoms with Crippen molar-refractivity contribution in [2.45, 2.75) is 44.0 Å². The smallest absolute Gasteiger partial charge is 0.393 e. The van der Waals surface area contributed by atoms with Crippen molar-refractivity contribution in [3.8, 4) is 11.3 Å². The molecule has 1 aromatic heterocycles. The van der Waals surface area contributed by atoms with Gasteiger partial charge in [-0.3, -0.25) is 4.79 Å². The van der Waals surface area contributed by atoms with Crippen molar-refractivity contribution in [3.63, 3.8) is 0 Å². The van der Waals surface area contributed by atoms with Crippen LogP contribution in [-0.2, 0) is 17.4 Å². The summed E-state index contributed by atoms with van der Waals surface area (Å²) in [5, 5.41) is 11.0. The number of halogens is 3. The molecular formula is C26H26F3N3O2. The lowest BCUT2D eigenvalue weighted by Gasteiger charge is -2.35. The molecule has 2 aromatic carbocycles. The highest BCUT2D eigenvalue weighted by Crippen LogP contribution is 2.42. The van der Waals surface area contributed by atoms with Gasteiger partial charge in [0.15, 0.2) is 0 Å². The van der Waals surface area contributed by atoms with Crippen molar-refractivity contribution in [3.05, 3.63) is 77.7 Å². The van der Waals surface area contributed by atoms with Crippen molar-refractivity contribution >= 4 is 5.91 Å². The lowest BCUT2D eigenvalue weighted by molar-refractivity contribution is -0.137. The Bertz CT molecular complexity index is 1160. The molecule has 1 fully saturated rings. The number of rotatable bonds is 5. The highest BCUT2D eigenvalue weighted by molar-refractivity contribution is 5.78. The molecule has 3 heterocycles. The number of aliphatic hydroxyl groups excluding tert-OH is 1. The molecule has 2 unspecified atom stereocenters. The highest BCUT2D eigenvalue weighted by Gasteiger charge is 2.34. The van der Waals surface area contributed by atoms with Gasteiger partial charge in [0.1, 0.15) is 0 Å². The maximum Gasteiger partial charge on any atom is 0.416 e. The van der Waals surface area contributed by atoms with Gasteiger partial charge in [-0.15, -0.1) is 0 Å². The highest BCUT2D eigenvalue weighted by atomic mass is 19.4. The predicted octanol–water partition coefficient (Wildman–Crippen LogP) is 4.70. The van der Waals surface area contributed by atoms with Gasteiger partial charge in [-0.05, 0) is 48.4 Å². The van der Waals surface area contributed by atoms with E-state index in [2.05, 4.69) is 21.7 Å². The molecule has 1 amide bonds. The maximum absolute atomic E-state index is 12.7. The van der Waals surface area contributed by atoms with Gasteiger partial charge in [0.25, 0.3) is 0 Å². The van der Waals surface area contributed by atoms with Gasteiger partial charge >= 0.3 is 6.18 Å². The SMILES string of the molecule is O=C(Cc1ccc(C(F)(F)F)cc1)N1CCC(C(O)CC2c3ccccc3-c3cncn32)CC1. The van der Waals surface area contributed by atoms with Crippen LogP contribution in [0.4, 0.5) is 13.2 Å². The molecule has 0 spiro atoms. The van der Waals surface area contributed by atoms with Gasteiger partial charge in [0, 0.05) is 18.7 Å². The first-order chi connectivity index (χ1) is 16.3. The number of likely N-dealkylation sites (tertiary alicyclic amines) is 1. The molecule has 5 rings (SSSR count). The van der Waals surface area contributed by atoms with Gasteiger partial charge in [0.05, 0.1) is 42.3 Å². The number of nitrogens with zero attached hydrogens (tertiary/aromatic N) is 3. The molecule has 0 aliphatic carbocycles. The Morgan fingerprint density at radius 1 is 1.09 bits per heavy atom. The third kappa shape index (κ3) is 4.34. The zero-order valence-electron chi connectivity index (χ0n) is 18.6. The minimum Gasteiger partial charge on any atom is -0.393 e. The standard InChI is InChI=1S/C26H26F3N3O2/c27-26(28,29)19-7-5-17(6-8-19)13-25(34)31-11-9-18(10-12-31)24(33)14-22-20-3-1-2-4-21(20)23-15-30-16-32(22)23/h1-8,15-16,18,22,24,33H,9-14H2. The summed E-state index contributed by atoms with van der Waals surface area (Å²) in [6.07, 6.45) is 0.847. The normalized spacial score (nSPS) is 19.1. The number of piperidine rings is 1. The summed E-state index contributed by atoms with van der Waals surface area (Å²) in [5.74, 6) is -0.00433. The number of hydrogen-bond acceptors (Lipinski definition) is 3. The molecule has 5 nitrogen and oxygen atoms in total. The molecule has 2 atom stereocenters. The Morgan fingerprint density at radius 3 is 2.50 bits per heavy atom. The third-order valence-electron chi connectivity index (χ3n) is 7.14. The van der Waals surface area contributed by atoms with Crippen LogP contribution in [0.15, 0.2) is 61.1 Å². The Kier molecular flexibility index (Phi) is 5.93. The zero-order chi connectivity index (χ0) is 23.9. The van der Waals surface area contributed by atoms with E-state index in [0.717, 1.165) is 23.4 Å². The van der Waals surface area contributed by atoms with Gasteiger partial charge in [-0.25, -0.2) is 4.98 Å². The fourth-order valence-electron chi connectivity index (χ4n) is 5.23. The van der Waals surface area contributed by atoms with Gasteiger partial charge in [-0.1, -0.05) is 36.4 Å². The summed E-state index contributed by atoms with van der Waals surface area (Å²) in [6.45, 7) is 1.08. The number of alkyl halides is 3. The van der Waals surface area contributed by atoms with E-state index in [-0.39, 0.29) is 24.3 Å². The van der Waals surface area contributed by atoms with Crippen LogP contribution in [0.2, 0.25) is 0 Å². The van der Waals surface area contributed by atoms with Crippen LogP contribution in [0, 0.1) is 5.92 Å². The molecule has 1 N–H and O–H groups in total. The van der Waals surface area contributed by atoms with Crippen LogP contribution >= 0.6 is 0 Å². The second-order valence-corrected chi connectivity index (χ2v) is 9.18. The Morgan fingerprint density at radius 2 is 1.79 bits per heavy atom. The average molecular weight is 470 g/mol. The monoisotopic (exact) mass is 469 g/mol. The van der Waals surface area contributed by atoms with Crippen molar-refractivity contribution in [2.24, 2.45) is 5.92 Å². The van der Waals surface area contributed by atoms with Crippen molar-refractivity contribution in [2.75, 3.05) is 13.1 Å². The quantitative estimate of drug-likeness (QED) is 0.589. The van der Waals surface area contributed by atoms with E-state index in [0.29, 0.717) is 37.9 Å². The van der Waals surface area contributed by atoms with E-state index in [1.165, 1.54) is 17.7 Å². The molecule has 1 saturated heterocycles. The fourth-order valence-corrected chi connectivity index (χ4v) is 5.23. The minimum absolute atomic E-state index is 0.0445. The number of imidazole rings is 1. The van der Waals surface area contributed by atoms with E-state index in [4.69, 9.17) is 0 Å². The summed E-state index contributed by atoms with van der Waals surface area (Å²) >= 11 is 0. The number of aliphatic hydroxyl groups is 1. The van der Waals surface area contributed by atoms with Gasteiger partial charge in [-0.2, -0.15) is 13.2 Å². The second kappa shape index (κ2) is 8.91. The zero-order valence-corrected chi connectivity index (χ0v) is 18.6. The van der Waals surface area contributed by atoms with Crippen molar-refractivity contribution in [1.29, 1.82) is 0 Å². The molecule has 2 aliphatic rings. The number of carbonyl (C=O) groups is 1. The molecule has 0 radical (unpaired) electrons. The molecular weight excluding hydrogens is 443 g/mol. The number of fused-ring (bicyclic) bond motifs is 3. The number of benzene rings is 2. The Labute approximate surface area is 195 Å². The number of amides is 1. The lowest BCUT2D eigenvalue weighted by atomic mass is 9.86. The van der Waals surface area contributed by atoms with Crippen molar-refractivity contribution in [1.82, 2.24) is 14.5 Å². The van der Waals surface area contributed by atoms with E-state index in [1.807, 2.05) is 24.7 Å². The van der Waals surface area contributed by atoms with Crippen molar-refractivity contribution < 1.29 is 23.1 Å². The summed E-state index contributed by atoms with van der Waals surface area (Å²) in [6, 6.07) is 13.0. The fraction of sp³-hybridized carbons (Fsp3) is 0.385. The number of hydrogen-bond donors (Lipinski definition) is 1. The summed E-state index contributed by atoms with van der Waals surface area (Å²) < 4.78 is 40.3. The topological polar surface area (TPSA) is 58.4 Å². The largest absolute Gasteiger partial charge is 0.416 e. The first-order valence-electron chi connectivity index (χ1n) is 11.5. The van der Waals surface area contributed by atoms with Crippen LogP contribution in [0.25, 0.3) is 11.3 Å². The molecule has 0 saturated carbocycles. The van der Waals surface area contributed by atoms with Crippen LogP contribution in [0.5, 0.6) is 0 Å². The van der Waals surface area contributed by atoms with E-state index in [1.54, 1.807) is 4.90 Å². The molecule has 34 heavy (non-hydrogen) atoms. The predicted molar refractivity (Wildman–Crippen MR) is 121 cm³/mol. The van der Waals surface area contributed by atoms with E-state index < -0.39 is 17.8 Å². The minimum atomic E-state index is -4.38. The lowest BCUT2D eigenvalue weighted by Crippen LogP contribution is -2.42. The molecule has 2 aliphatic heterocycles. The van der Waals surface area contributed by atoms with Gasteiger partial charge in [0.2, 0.25) is 5.91 Å². The van der Waals surface area contributed by atoms with Crippen LogP contribution < -0.4 is 0 Å². The first kappa shape index (κ1) is 22.7. The number of aromatic nitrogens is 2. The third-order valence-corrected chi connectivity index (χ3v) is 7.14. The maximum atomic E-state index is 12.7. The van der Waals surface area contributed by atoms with Crippen LogP contribution in [-0.4, -0.2) is 44.7 Å². The first-order valence-corrected chi connectivity index (χ1v) is 11.5. The van der Waals surface area contributed by atoms with E-state index >= 15 is 0 Å². The van der Waals surface area contributed by atoms with Crippen LogP contribution in [0.3, 0.4) is 0 Å². The summed E-state index contributed by atoms with van der Waals surface area (Å²) in [4.78, 5) is 18.7. The van der Waals surface area contributed by atoms with E-state index in [9.17, 15) is 23.1 Å². The molecule has 178 valence electrons. The second-order valence-electron chi connectivity index (χ2n) is 9.18. The van der Waals surface area contributed by atoms with Crippen LogP contribution in [0.1, 0.15) is 42.0 Å². The Hall–Kier alpha value is -3.13. The summed E-state index contributed by atoms with van der Waals surface area (Å²) in [5.41, 5.74) is 3.27. The molecule has 8 heteroatoms. The molecule has 0 bridgehead atoms. The molecule has 3 aromatic rings. The van der Waals surface area contributed by atoms with Gasteiger partial charge < -0.3 is 14.6 Å². The summed E-state index contributed by atoms with van der Waals surface area (Å²) in [7, 11) is 0. The number of carbonyl (C=O) groups excluding carboxylic acids is 1.